The third-order valence-electron chi connectivity index (χ3n) is 4.35. The molecule has 0 aliphatic heterocycles. The first-order chi connectivity index (χ1) is 12.8. The number of fused-ring (bicyclic) bond motifs is 1. The number of imide groups is 1. The second-order valence-electron chi connectivity index (χ2n) is 6.81. The standard InChI is InChI=1S/C19H25N3O5/c1-12(2)7-8-22(19(26)27)18(25)21-16(17(24)11-23)9-13-10-20-15-6-4-3-5-14(13)15/h3-6,10,12,16,20,23H,7-9,11H2,1-2H3,(H,21,25)(H,26,27)/t16-/m0/s1. The number of carbonyl (C=O) groups excluding carboxylic acids is 2. The van der Waals surface area contributed by atoms with Gasteiger partial charge < -0.3 is 20.5 Å². The van der Waals surface area contributed by atoms with Gasteiger partial charge in [-0.1, -0.05) is 32.0 Å². The minimum atomic E-state index is -1.38. The maximum absolute atomic E-state index is 12.4. The van der Waals surface area contributed by atoms with Crippen molar-refractivity contribution < 1.29 is 24.6 Å². The highest BCUT2D eigenvalue weighted by molar-refractivity contribution is 5.95. The van der Waals surface area contributed by atoms with Crippen LogP contribution in [0.5, 0.6) is 0 Å². The second kappa shape index (κ2) is 9.18. The molecule has 0 radical (unpaired) electrons. The predicted octanol–water partition coefficient (Wildman–Crippen LogP) is 2.38. The van der Waals surface area contributed by atoms with Gasteiger partial charge in [-0.25, -0.2) is 14.5 Å². The molecule has 0 spiro atoms. The fraction of sp³-hybridized carbons (Fsp3) is 0.421. The van der Waals surface area contributed by atoms with Gasteiger partial charge in [-0.15, -0.1) is 0 Å². The molecule has 2 rings (SSSR count). The fourth-order valence-corrected chi connectivity index (χ4v) is 2.77. The number of benzene rings is 1. The van der Waals surface area contributed by atoms with Crippen LogP contribution in [0, 0.1) is 5.92 Å². The minimum absolute atomic E-state index is 0.0337. The molecule has 4 N–H and O–H groups in total. The third-order valence-corrected chi connectivity index (χ3v) is 4.35. The number of rotatable bonds is 8. The molecule has 1 heterocycles. The molecule has 0 bridgehead atoms. The summed E-state index contributed by atoms with van der Waals surface area (Å²) in [6, 6.07) is 5.62. The van der Waals surface area contributed by atoms with Gasteiger partial charge in [0.15, 0.2) is 5.78 Å². The lowest BCUT2D eigenvalue weighted by molar-refractivity contribution is -0.123. The number of H-pyrrole nitrogens is 1. The van der Waals surface area contributed by atoms with E-state index in [0.29, 0.717) is 11.3 Å². The molecule has 8 heteroatoms. The largest absolute Gasteiger partial charge is 0.465 e. The molecule has 1 atom stereocenters. The highest BCUT2D eigenvalue weighted by Gasteiger charge is 2.27. The van der Waals surface area contributed by atoms with Gasteiger partial charge in [0.2, 0.25) is 0 Å². The van der Waals surface area contributed by atoms with Crippen molar-refractivity contribution in [2.45, 2.75) is 32.7 Å². The zero-order chi connectivity index (χ0) is 20.0. The molecular formula is C19H25N3O5. The highest BCUT2D eigenvalue weighted by Crippen LogP contribution is 2.19. The Hall–Kier alpha value is -2.87. The number of hydrogen-bond donors (Lipinski definition) is 4. The average molecular weight is 375 g/mol. The lowest BCUT2D eigenvalue weighted by Crippen LogP contribution is -2.51. The van der Waals surface area contributed by atoms with Crippen molar-refractivity contribution >= 4 is 28.8 Å². The second-order valence-corrected chi connectivity index (χ2v) is 6.81. The van der Waals surface area contributed by atoms with E-state index >= 15 is 0 Å². The SMILES string of the molecule is CC(C)CCN(C(=O)O)C(=O)N[C@@H](Cc1c[nH]c2ccccc12)C(=O)CO. The molecule has 0 fully saturated rings. The number of aliphatic hydroxyl groups excluding tert-OH is 1. The van der Waals surface area contributed by atoms with E-state index < -0.39 is 30.6 Å². The monoisotopic (exact) mass is 375 g/mol. The Morgan fingerprint density at radius 1 is 1.22 bits per heavy atom. The highest BCUT2D eigenvalue weighted by atomic mass is 16.4. The molecule has 0 unspecified atom stereocenters. The molecule has 0 aliphatic carbocycles. The summed E-state index contributed by atoms with van der Waals surface area (Å²) in [7, 11) is 0. The zero-order valence-corrected chi connectivity index (χ0v) is 15.4. The zero-order valence-electron chi connectivity index (χ0n) is 15.4. The maximum atomic E-state index is 12.4. The van der Waals surface area contributed by atoms with Crippen LogP contribution in [0.1, 0.15) is 25.8 Å². The van der Waals surface area contributed by atoms with Crippen molar-refractivity contribution in [3.8, 4) is 0 Å². The van der Waals surface area contributed by atoms with Crippen LogP contribution >= 0.6 is 0 Å². The van der Waals surface area contributed by atoms with Gasteiger partial charge in [-0.2, -0.15) is 0 Å². The third kappa shape index (κ3) is 5.30. The summed E-state index contributed by atoms with van der Waals surface area (Å²) in [5.74, 6) is -0.358. The Kier molecular flexibility index (Phi) is 6.95. The van der Waals surface area contributed by atoms with Crippen LogP contribution in [-0.4, -0.2) is 57.2 Å². The lowest BCUT2D eigenvalue weighted by atomic mass is 10.0. The molecule has 27 heavy (non-hydrogen) atoms. The molecule has 3 amide bonds. The number of ketones is 1. The van der Waals surface area contributed by atoms with Crippen LogP contribution in [0.2, 0.25) is 0 Å². The van der Waals surface area contributed by atoms with E-state index in [1.54, 1.807) is 6.20 Å². The lowest BCUT2D eigenvalue weighted by Gasteiger charge is -2.23. The first-order valence-electron chi connectivity index (χ1n) is 8.83. The minimum Gasteiger partial charge on any atom is -0.465 e. The van der Waals surface area contributed by atoms with E-state index in [1.807, 2.05) is 38.1 Å². The molecular weight excluding hydrogens is 350 g/mol. The fourth-order valence-electron chi connectivity index (χ4n) is 2.77. The molecule has 8 nitrogen and oxygen atoms in total. The smallest absolute Gasteiger partial charge is 0.415 e. The number of aromatic amines is 1. The average Bonchev–Trinajstić information content (AvgIpc) is 3.03. The Morgan fingerprint density at radius 3 is 2.56 bits per heavy atom. The van der Waals surface area contributed by atoms with Gasteiger partial charge in [0.25, 0.3) is 0 Å². The van der Waals surface area contributed by atoms with Gasteiger partial charge in [0.05, 0.1) is 6.04 Å². The van der Waals surface area contributed by atoms with E-state index in [9.17, 15) is 24.6 Å². The summed E-state index contributed by atoms with van der Waals surface area (Å²) in [5, 5.41) is 21.9. The first kappa shape index (κ1) is 20.4. The summed E-state index contributed by atoms with van der Waals surface area (Å²) in [5.41, 5.74) is 1.68. The van der Waals surface area contributed by atoms with E-state index in [2.05, 4.69) is 10.3 Å². The van der Waals surface area contributed by atoms with Gasteiger partial charge in [0, 0.05) is 30.1 Å². The summed E-state index contributed by atoms with van der Waals surface area (Å²) in [4.78, 5) is 39.7. The van der Waals surface area contributed by atoms with E-state index in [4.69, 9.17) is 0 Å². The number of nitrogens with one attached hydrogen (secondary N) is 2. The molecule has 1 aromatic carbocycles. The van der Waals surface area contributed by atoms with Crippen LogP contribution < -0.4 is 5.32 Å². The molecule has 0 saturated carbocycles. The van der Waals surface area contributed by atoms with Gasteiger partial charge in [-0.3, -0.25) is 4.79 Å². The number of aliphatic hydroxyl groups is 1. The number of carbonyl (C=O) groups is 3. The number of para-hydroxylation sites is 1. The predicted molar refractivity (Wildman–Crippen MR) is 101 cm³/mol. The van der Waals surface area contributed by atoms with Crippen LogP contribution in [0.25, 0.3) is 10.9 Å². The molecule has 0 saturated heterocycles. The van der Waals surface area contributed by atoms with Crippen molar-refractivity contribution in [2.24, 2.45) is 5.92 Å². The molecule has 0 aliphatic rings. The van der Waals surface area contributed by atoms with Crippen LogP contribution in [0.15, 0.2) is 30.5 Å². The summed E-state index contributed by atoms with van der Waals surface area (Å²) in [6.45, 7) is 3.14. The topological polar surface area (TPSA) is 123 Å². The van der Waals surface area contributed by atoms with Crippen molar-refractivity contribution in [1.29, 1.82) is 0 Å². The van der Waals surface area contributed by atoms with Gasteiger partial charge >= 0.3 is 12.1 Å². The van der Waals surface area contributed by atoms with Crippen molar-refractivity contribution in [2.75, 3.05) is 13.2 Å². The number of aromatic nitrogens is 1. The first-order valence-corrected chi connectivity index (χ1v) is 8.83. The Bertz CT molecular complexity index is 815. The molecule has 1 aromatic heterocycles. The van der Waals surface area contributed by atoms with Crippen LogP contribution in [0.3, 0.4) is 0 Å². The maximum Gasteiger partial charge on any atom is 0.415 e. The summed E-state index contributed by atoms with van der Waals surface area (Å²) >= 11 is 0. The van der Waals surface area contributed by atoms with E-state index in [-0.39, 0.29) is 18.9 Å². The molecule has 146 valence electrons. The van der Waals surface area contributed by atoms with Gasteiger partial charge in [-0.05, 0) is 24.0 Å². The normalized spacial score (nSPS) is 12.1. The number of nitrogens with zero attached hydrogens (tertiary/aromatic N) is 1. The van der Waals surface area contributed by atoms with Crippen LogP contribution in [-0.2, 0) is 11.2 Å². The number of amides is 3. The van der Waals surface area contributed by atoms with Crippen LogP contribution in [0.4, 0.5) is 9.59 Å². The van der Waals surface area contributed by atoms with E-state index in [0.717, 1.165) is 16.5 Å². The summed E-state index contributed by atoms with van der Waals surface area (Å²) < 4.78 is 0. The van der Waals surface area contributed by atoms with Crippen molar-refractivity contribution in [1.82, 2.24) is 15.2 Å². The van der Waals surface area contributed by atoms with Gasteiger partial charge in [0.1, 0.15) is 6.61 Å². The Morgan fingerprint density at radius 2 is 1.93 bits per heavy atom. The number of urea groups is 1. The van der Waals surface area contributed by atoms with Crippen molar-refractivity contribution in [3.05, 3.63) is 36.0 Å². The number of hydrogen-bond acceptors (Lipinski definition) is 4. The number of carboxylic acid groups (broad SMARTS) is 1. The summed E-state index contributed by atoms with van der Waals surface area (Å²) in [6.07, 6.45) is 1.02. The quantitative estimate of drug-likeness (QED) is 0.564. The van der Waals surface area contributed by atoms with E-state index in [1.165, 1.54) is 0 Å². The number of Topliss-reactive ketones (excluding diaryl/α,β-unsaturated/α-hetero) is 1. The van der Waals surface area contributed by atoms with Crippen molar-refractivity contribution in [3.63, 3.8) is 0 Å². The Balaban J connectivity index is 2.17. The Labute approximate surface area is 157 Å². The molecule has 2 aromatic rings.